The van der Waals surface area contributed by atoms with E-state index in [1.54, 1.807) is 29.1 Å². The van der Waals surface area contributed by atoms with Crippen LogP contribution in [0.3, 0.4) is 0 Å². The second kappa shape index (κ2) is 7.73. The number of carbonyl (C=O) groups is 1. The number of carbonyl (C=O) groups excluding carboxylic acids is 1. The Morgan fingerprint density at radius 1 is 1.00 bits per heavy atom. The number of aryl methyl sites for hydroxylation is 1. The zero-order valence-electron chi connectivity index (χ0n) is 15.4. The van der Waals surface area contributed by atoms with Crippen molar-refractivity contribution in [3.63, 3.8) is 0 Å². The average Bonchev–Trinajstić information content (AvgIpc) is 3.13. The number of nitrogens with one attached hydrogen (secondary N) is 1. The standard InChI is InChI=1S/C18H19N5O4/c1-11-19-5-6-23(11)18-20-9-13(10-21-18)22-17(24)12-7-14(25-2)16(27-4)15(8-12)26-3/h5-10H,1-4H3,(H,22,24). The monoisotopic (exact) mass is 369 g/mol. The number of amides is 1. The van der Waals surface area contributed by atoms with Gasteiger partial charge >= 0.3 is 0 Å². The summed E-state index contributed by atoms with van der Waals surface area (Å²) in [5, 5.41) is 2.74. The van der Waals surface area contributed by atoms with Gasteiger partial charge in [0.15, 0.2) is 11.5 Å². The van der Waals surface area contributed by atoms with Gasteiger partial charge in [0.25, 0.3) is 5.91 Å². The van der Waals surface area contributed by atoms with Crippen LogP contribution in [0.15, 0.2) is 36.9 Å². The van der Waals surface area contributed by atoms with Crippen LogP contribution in [0.2, 0.25) is 0 Å². The number of benzene rings is 1. The molecule has 2 heterocycles. The van der Waals surface area contributed by atoms with Crippen LogP contribution in [0.25, 0.3) is 5.95 Å². The molecular weight excluding hydrogens is 350 g/mol. The van der Waals surface area contributed by atoms with Crippen LogP contribution in [0.4, 0.5) is 5.69 Å². The second-order valence-electron chi connectivity index (χ2n) is 5.48. The van der Waals surface area contributed by atoms with Crippen LogP contribution in [-0.2, 0) is 0 Å². The maximum atomic E-state index is 12.6. The fraction of sp³-hybridized carbons (Fsp3) is 0.222. The molecule has 0 aliphatic rings. The third kappa shape index (κ3) is 3.66. The van der Waals surface area contributed by atoms with Crippen molar-refractivity contribution in [2.24, 2.45) is 0 Å². The Morgan fingerprint density at radius 2 is 1.63 bits per heavy atom. The number of methoxy groups -OCH3 is 3. The highest BCUT2D eigenvalue weighted by atomic mass is 16.5. The minimum Gasteiger partial charge on any atom is -0.493 e. The van der Waals surface area contributed by atoms with Gasteiger partial charge < -0.3 is 19.5 Å². The molecule has 2 aromatic heterocycles. The van der Waals surface area contributed by atoms with Crippen LogP contribution >= 0.6 is 0 Å². The molecule has 0 saturated carbocycles. The number of ether oxygens (including phenoxy) is 3. The number of nitrogens with zero attached hydrogens (tertiary/aromatic N) is 4. The van der Waals surface area contributed by atoms with Gasteiger partial charge in [0, 0.05) is 18.0 Å². The predicted octanol–water partition coefficient (Wildman–Crippen LogP) is 2.25. The Labute approximate surface area is 156 Å². The van der Waals surface area contributed by atoms with Crippen LogP contribution < -0.4 is 19.5 Å². The smallest absolute Gasteiger partial charge is 0.256 e. The molecule has 1 N–H and O–H groups in total. The van der Waals surface area contributed by atoms with Crippen LogP contribution in [0, 0.1) is 6.92 Å². The van der Waals surface area contributed by atoms with E-state index in [9.17, 15) is 4.79 Å². The lowest BCUT2D eigenvalue weighted by molar-refractivity contribution is 0.102. The van der Waals surface area contributed by atoms with E-state index in [1.807, 2.05) is 6.92 Å². The van der Waals surface area contributed by atoms with Crippen LogP contribution in [0.1, 0.15) is 16.2 Å². The van der Waals surface area contributed by atoms with Crippen molar-refractivity contribution in [3.8, 4) is 23.2 Å². The number of rotatable bonds is 6. The van der Waals surface area contributed by atoms with E-state index in [2.05, 4.69) is 20.3 Å². The van der Waals surface area contributed by atoms with E-state index >= 15 is 0 Å². The first kappa shape index (κ1) is 18.2. The number of imidazole rings is 1. The Morgan fingerprint density at radius 3 is 2.11 bits per heavy atom. The molecule has 0 aliphatic heterocycles. The molecule has 3 aromatic rings. The average molecular weight is 369 g/mol. The number of hydrogen-bond acceptors (Lipinski definition) is 7. The molecule has 140 valence electrons. The van der Waals surface area contributed by atoms with Crippen molar-refractivity contribution in [3.05, 3.63) is 48.3 Å². The fourth-order valence-electron chi connectivity index (χ4n) is 2.51. The lowest BCUT2D eigenvalue weighted by atomic mass is 10.1. The van der Waals surface area contributed by atoms with E-state index in [1.165, 1.54) is 33.7 Å². The Kier molecular flexibility index (Phi) is 5.20. The topological polar surface area (TPSA) is 100 Å². The van der Waals surface area contributed by atoms with Crippen molar-refractivity contribution >= 4 is 11.6 Å². The minimum absolute atomic E-state index is 0.346. The van der Waals surface area contributed by atoms with Gasteiger partial charge in [-0.25, -0.2) is 15.0 Å². The van der Waals surface area contributed by atoms with Gasteiger partial charge in [-0.1, -0.05) is 0 Å². The summed E-state index contributed by atoms with van der Waals surface area (Å²) in [4.78, 5) is 25.2. The van der Waals surface area contributed by atoms with E-state index in [-0.39, 0.29) is 5.91 Å². The number of aromatic nitrogens is 4. The first-order valence-electron chi connectivity index (χ1n) is 8.01. The third-order valence-corrected chi connectivity index (χ3v) is 3.86. The van der Waals surface area contributed by atoms with E-state index in [4.69, 9.17) is 14.2 Å². The van der Waals surface area contributed by atoms with Crippen LogP contribution in [0.5, 0.6) is 17.2 Å². The largest absolute Gasteiger partial charge is 0.493 e. The van der Waals surface area contributed by atoms with Gasteiger partial charge in [-0.15, -0.1) is 0 Å². The molecule has 0 atom stereocenters. The van der Waals surface area contributed by atoms with Gasteiger partial charge in [0.1, 0.15) is 5.82 Å². The second-order valence-corrected chi connectivity index (χ2v) is 5.48. The molecule has 9 nitrogen and oxygen atoms in total. The quantitative estimate of drug-likeness (QED) is 0.711. The Bertz CT molecular complexity index is 928. The highest BCUT2D eigenvalue weighted by Gasteiger charge is 2.17. The summed E-state index contributed by atoms with van der Waals surface area (Å²) in [5.41, 5.74) is 0.800. The van der Waals surface area contributed by atoms with Crippen molar-refractivity contribution in [1.82, 2.24) is 19.5 Å². The predicted molar refractivity (Wildman–Crippen MR) is 97.9 cm³/mol. The summed E-state index contributed by atoms with van der Waals surface area (Å²) in [6.07, 6.45) is 6.48. The molecule has 1 aromatic carbocycles. The Balaban J connectivity index is 1.82. The summed E-state index contributed by atoms with van der Waals surface area (Å²) in [7, 11) is 4.48. The molecule has 0 unspecified atom stereocenters. The zero-order chi connectivity index (χ0) is 19.4. The lowest BCUT2D eigenvalue weighted by Gasteiger charge is -2.14. The summed E-state index contributed by atoms with van der Waals surface area (Å²) >= 11 is 0. The summed E-state index contributed by atoms with van der Waals surface area (Å²) < 4.78 is 17.5. The molecule has 27 heavy (non-hydrogen) atoms. The van der Waals surface area contributed by atoms with Crippen LogP contribution in [-0.4, -0.2) is 46.8 Å². The molecule has 0 aliphatic carbocycles. The molecule has 3 rings (SSSR count). The molecule has 0 bridgehead atoms. The molecule has 0 saturated heterocycles. The molecule has 0 fully saturated rings. The van der Waals surface area contributed by atoms with Crippen molar-refractivity contribution in [2.45, 2.75) is 6.92 Å². The SMILES string of the molecule is COc1cc(C(=O)Nc2cnc(-n3ccnc3C)nc2)cc(OC)c1OC. The molecule has 0 spiro atoms. The van der Waals surface area contributed by atoms with Crippen molar-refractivity contribution in [1.29, 1.82) is 0 Å². The highest BCUT2D eigenvalue weighted by molar-refractivity contribution is 6.05. The Hall–Kier alpha value is -3.62. The minimum atomic E-state index is -0.357. The summed E-state index contributed by atoms with van der Waals surface area (Å²) in [6.45, 7) is 1.85. The van der Waals surface area contributed by atoms with Gasteiger partial charge in [-0.2, -0.15) is 0 Å². The summed E-state index contributed by atoms with van der Waals surface area (Å²) in [5.74, 6) is 2.08. The first-order valence-corrected chi connectivity index (χ1v) is 8.01. The maximum Gasteiger partial charge on any atom is 0.256 e. The van der Waals surface area contributed by atoms with Gasteiger partial charge in [0.05, 0.1) is 39.4 Å². The fourth-order valence-corrected chi connectivity index (χ4v) is 2.51. The van der Waals surface area contributed by atoms with E-state index in [0.717, 1.165) is 5.82 Å². The van der Waals surface area contributed by atoms with E-state index < -0.39 is 0 Å². The zero-order valence-corrected chi connectivity index (χ0v) is 15.4. The number of hydrogen-bond donors (Lipinski definition) is 1. The molecular formula is C18H19N5O4. The van der Waals surface area contributed by atoms with Gasteiger partial charge in [-0.05, 0) is 19.1 Å². The third-order valence-electron chi connectivity index (χ3n) is 3.86. The molecule has 0 radical (unpaired) electrons. The molecule has 1 amide bonds. The number of anilines is 1. The summed E-state index contributed by atoms with van der Waals surface area (Å²) in [6, 6.07) is 3.14. The highest BCUT2D eigenvalue weighted by Crippen LogP contribution is 2.38. The first-order chi connectivity index (χ1) is 13.1. The molecule has 9 heteroatoms. The van der Waals surface area contributed by atoms with E-state index in [0.29, 0.717) is 34.4 Å². The normalized spacial score (nSPS) is 10.4. The van der Waals surface area contributed by atoms with Gasteiger partial charge in [-0.3, -0.25) is 9.36 Å². The maximum absolute atomic E-state index is 12.6. The van der Waals surface area contributed by atoms with Gasteiger partial charge in [0.2, 0.25) is 11.7 Å². The van der Waals surface area contributed by atoms with Crippen molar-refractivity contribution < 1.29 is 19.0 Å². The van der Waals surface area contributed by atoms with Crippen molar-refractivity contribution in [2.75, 3.05) is 26.6 Å². The lowest BCUT2D eigenvalue weighted by Crippen LogP contribution is -2.13.